The lowest BCUT2D eigenvalue weighted by atomic mass is 10.3. The summed E-state index contributed by atoms with van der Waals surface area (Å²) in [4.78, 5) is 26.1. The Bertz CT molecular complexity index is 575. The predicted molar refractivity (Wildman–Crippen MR) is 67.0 cm³/mol. The number of carbonyl (C=O) groups is 1. The van der Waals surface area contributed by atoms with Crippen LogP contribution in [-0.4, -0.2) is 36.6 Å². The van der Waals surface area contributed by atoms with Gasteiger partial charge < -0.3 is 5.11 Å². The molecule has 0 spiro atoms. The third-order valence-corrected chi connectivity index (χ3v) is 3.72. The van der Waals surface area contributed by atoms with Gasteiger partial charge in [0, 0.05) is 18.3 Å². The summed E-state index contributed by atoms with van der Waals surface area (Å²) >= 11 is 2.51. The lowest BCUT2D eigenvalue weighted by Gasteiger charge is -2.02. The summed E-state index contributed by atoms with van der Waals surface area (Å²) in [5.74, 6) is -1.07. The molecule has 0 aliphatic heterocycles. The smallest absolute Gasteiger partial charge is 0.343 e. The fourth-order valence-corrected chi connectivity index (χ4v) is 2.61. The van der Waals surface area contributed by atoms with E-state index in [9.17, 15) is 9.59 Å². The molecule has 0 aromatic carbocycles. The van der Waals surface area contributed by atoms with Crippen LogP contribution in [0.3, 0.4) is 0 Å². The van der Waals surface area contributed by atoms with Crippen LogP contribution >= 0.6 is 23.1 Å². The number of hydrogen-bond acceptors (Lipinski definition) is 6. The topological polar surface area (TPSA) is 101 Å². The number of nitrogens with one attached hydrogen (secondary N) is 1. The quantitative estimate of drug-likeness (QED) is 0.748. The van der Waals surface area contributed by atoms with E-state index in [4.69, 9.17) is 5.11 Å². The van der Waals surface area contributed by atoms with Crippen molar-refractivity contribution in [2.45, 2.75) is 18.1 Å². The molecule has 96 valence electrons. The number of rotatable bonds is 6. The van der Waals surface area contributed by atoms with Crippen LogP contribution in [0, 0.1) is 0 Å². The molecule has 0 radical (unpaired) electrons. The van der Waals surface area contributed by atoms with E-state index in [1.165, 1.54) is 15.9 Å². The van der Waals surface area contributed by atoms with Gasteiger partial charge in [-0.2, -0.15) is 0 Å². The number of aromatic nitrogens is 4. The van der Waals surface area contributed by atoms with E-state index >= 15 is 0 Å². The Hall–Kier alpha value is -1.61. The molecule has 2 aromatic heterocycles. The molecule has 2 N–H and O–H groups in total. The SMILES string of the molecule is O=C(O)CSc1n[nH]c(=O)n1CCc1cscn1. The number of thioether (sulfide) groups is 1. The minimum atomic E-state index is -0.943. The Kier molecular flexibility index (Phi) is 4.15. The number of aromatic amines is 1. The van der Waals surface area contributed by atoms with Crippen LogP contribution in [0.4, 0.5) is 0 Å². The highest BCUT2D eigenvalue weighted by Gasteiger charge is 2.11. The first-order valence-corrected chi connectivity index (χ1v) is 6.96. The zero-order valence-corrected chi connectivity index (χ0v) is 10.8. The molecule has 0 aliphatic carbocycles. The van der Waals surface area contributed by atoms with E-state index in [2.05, 4.69) is 15.2 Å². The van der Waals surface area contributed by atoms with Crippen LogP contribution in [0.5, 0.6) is 0 Å². The van der Waals surface area contributed by atoms with E-state index in [0.717, 1.165) is 17.5 Å². The molecule has 2 aromatic rings. The highest BCUT2D eigenvalue weighted by molar-refractivity contribution is 7.99. The Labute approximate surface area is 110 Å². The largest absolute Gasteiger partial charge is 0.481 e. The summed E-state index contributed by atoms with van der Waals surface area (Å²) in [7, 11) is 0. The summed E-state index contributed by atoms with van der Waals surface area (Å²) in [6.07, 6.45) is 0.615. The van der Waals surface area contributed by atoms with E-state index in [1.54, 1.807) is 5.51 Å². The average molecular weight is 286 g/mol. The molecule has 2 rings (SSSR count). The van der Waals surface area contributed by atoms with Crippen molar-refractivity contribution in [2.75, 3.05) is 5.75 Å². The third-order valence-electron chi connectivity index (χ3n) is 2.12. The zero-order valence-electron chi connectivity index (χ0n) is 9.20. The van der Waals surface area contributed by atoms with E-state index in [0.29, 0.717) is 18.1 Å². The van der Waals surface area contributed by atoms with Gasteiger partial charge in [0.05, 0.1) is 17.0 Å². The number of hydrogen-bond donors (Lipinski definition) is 2. The van der Waals surface area contributed by atoms with Gasteiger partial charge in [0.25, 0.3) is 0 Å². The number of nitrogens with zero attached hydrogens (tertiary/aromatic N) is 3. The Morgan fingerprint density at radius 3 is 3.11 bits per heavy atom. The van der Waals surface area contributed by atoms with Crippen molar-refractivity contribution in [1.82, 2.24) is 19.7 Å². The highest BCUT2D eigenvalue weighted by Crippen LogP contribution is 2.13. The molecule has 9 heteroatoms. The summed E-state index contributed by atoms with van der Waals surface area (Å²) in [6, 6.07) is 0. The number of thiazole rings is 1. The summed E-state index contributed by atoms with van der Waals surface area (Å²) in [5, 5.41) is 17.0. The maximum atomic E-state index is 11.5. The second-order valence-electron chi connectivity index (χ2n) is 3.38. The second kappa shape index (κ2) is 5.83. The number of carboxylic acid groups (broad SMARTS) is 1. The van der Waals surface area contributed by atoms with Crippen molar-refractivity contribution in [3.63, 3.8) is 0 Å². The van der Waals surface area contributed by atoms with Crippen LogP contribution < -0.4 is 5.69 Å². The van der Waals surface area contributed by atoms with E-state index in [-0.39, 0.29) is 11.4 Å². The first-order valence-electron chi connectivity index (χ1n) is 5.03. The van der Waals surface area contributed by atoms with E-state index in [1.807, 2.05) is 5.38 Å². The van der Waals surface area contributed by atoms with Crippen LogP contribution in [0.15, 0.2) is 20.8 Å². The average Bonchev–Trinajstić information content (AvgIpc) is 2.94. The molecular formula is C9H10N4O3S2. The van der Waals surface area contributed by atoms with Crippen LogP contribution in [0.1, 0.15) is 5.69 Å². The molecule has 18 heavy (non-hydrogen) atoms. The van der Waals surface area contributed by atoms with Gasteiger partial charge >= 0.3 is 11.7 Å². The number of aryl methyl sites for hydroxylation is 1. The molecule has 0 unspecified atom stereocenters. The molecule has 0 bridgehead atoms. The standard InChI is InChI=1S/C9H10N4O3S2/c14-7(15)4-18-9-12-11-8(16)13(9)2-1-6-3-17-5-10-6/h3,5H,1-2,4H2,(H,11,16)(H,14,15). The molecular weight excluding hydrogens is 276 g/mol. The van der Waals surface area contributed by atoms with Gasteiger partial charge in [0.15, 0.2) is 5.16 Å². The first-order chi connectivity index (χ1) is 8.66. The van der Waals surface area contributed by atoms with E-state index < -0.39 is 5.97 Å². The Morgan fingerprint density at radius 1 is 1.61 bits per heavy atom. The molecule has 0 saturated carbocycles. The minimum Gasteiger partial charge on any atom is -0.481 e. The normalized spacial score (nSPS) is 10.7. The minimum absolute atomic E-state index is 0.124. The zero-order chi connectivity index (χ0) is 13.0. The Morgan fingerprint density at radius 2 is 2.44 bits per heavy atom. The first kappa shape index (κ1) is 12.8. The van der Waals surface area contributed by atoms with Crippen LogP contribution in [0.2, 0.25) is 0 Å². The van der Waals surface area contributed by atoms with Gasteiger partial charge in [-0.3, -0.25) is 9.36 Å². The molecule has 7 nitrogen and oxygen atoms in total. The van der Waals surface area contributed by atoms with Crippen molar-refractivity contribution < 1.29 is 9.90 Å². The van der Waals surface area contributed by atoms with Gasteiger partial charge in [0.2, 0.25) is 0 Å². The fraction of sp³-hybridized carbons (Fsp3) is 0.333. The predicted octanol–water partition coefficient (Wildman–Crippen LogP) is 0.447. The van der Waals surface area contributed by atoms with Crippen molar-refractivity contribution >= 4 is 29.1 Å². The van der Waals surface area contributed by atoms with Crippen molar-refractivity contribution in [3.8, 4) is 0 Å². The maximum absolute atomic E-state index is 11.5. The van der Waals surface area contributed by atoms with Crippen LogP contribution in [-0.2, 0) is 17.8 Å². The summed E-state index contributed by atoms with van der Waals surface area (Å²) < 4.78 is 1.42. The van der Waals surface area contributed by atoms with Crippen molar-refractivity contribution in [2.24, 2.45) is 0 Å². The molecule has 0 saturated heterocycles. The fourth-order valence-electron chi connectivity index (χ4n) is 1.32. The van der Waals surface area contributed by atoms with Gasteiger partial charge in [-0.25, -0.2) is 14.9 Å². The lowest BCUT2D eigenvalue weighted by Crippen LogP contribution is -2.19. The molecule has 0 amide bonds. The second-order valence-corrected chi connectivity index (χ2v) is 5.04. The van der Waals surface area contributed by atoms with Crippen molar-refractivity contribution in [3.05, 3.63) is 27.1 Å². The number of carboxylic acids is 1. The number of H-pyrrole nitrogens is 1. The third kappa shape index (κ3) is 3.20. The maximum Gasteiger partial charge on any atom is 0.343 e. The van der Waals surface area contributed by atoms with Crippen LogP contribution in [0.25, 0.3) is 0 Å². The number of aliphatic carboxylic acids is 1. The molecule has 2 heterocycles. The van der Waals surface area contributed by atoms with Gasteiger partial charge in [-0.15, -0.1) is 16.4 Å². The monoisotopic (exact) mass is 286 g/mol. The van der Waals surface area contributed by atoms with Gasteiger partial charge in [0.1, 0.15) is 0 Å². The van der Waals surface area contributed by atoms with Gasteiger partial charge in [-0.05, 0) is 0 Å². The summed E-state index contributed by atoms with van der Waals surface area (Å²) in [5.41, 5.74) is 2.30. The summed E-state index contributed by atoms with van der Waals surface area (Å²) in [6.45, 7) is 0.432. The van der Waals surface area contributed by atoms with Crippen molar-refractivity contribution in [1.29, 1.82) is 0 Å². The molecule has 0 aliphatic rings. The Balaban J connectivity index is 2.04. The molecule has 0 atom stereocenters. The molecule has 0 fully saturated rings. The van der Waals surface area contributed by atoms with Gasteiger partial charge in [-0.1, -0.05) is 11.8 Å². The lowest BCUT2D eigenvalue weighted by molar-refractivity contribution is -0.133. The highest BCUT2D eigenvalue weighted by atomic mass is 32.2.